The van der Waals surface area contributed by atoms with E-state index < -0.39 is 0 Å². The summed E-state index contributed by atoms with van der Waals surface area (Å²) < 4.78 is 2.61. The molecule has 3 aliphatic heterocycles. The SMILES string of the molecule is Cc1cc2c3c(c1)N(c1cccc4c#cc5ccccc5c14)c1ccc(-c4ccccc4)cc1B3c1ccc(N3c4ccccc4C4(C)CCCCC34C)cc1N2c1cccc2c1sc1ccccc12. The molecule has 4 aliphatic rings. The molecule has 0 spiro atoms. The molecule has 70 heavy (non-hydrogen) atoms. The molecule has 0 radical (unpaired) electrons. The summed E-state index contributed by atoms with van der Waals surface area (Å²) in [7, 11) is 0. The Morgan fingerprint density at radius 2 is 1.19 bits per heavy atom. The van der Waals surface area contributed by atoms with Gasteiger partial charge in [0.2, 0.25) is 0 Å². The summed E-state index contributed by atoms with van der Waals surface area (Å²) in [5.41, 5.74) is 18.9. The van der Waals surface area contributed by atoms with Crippen LogP contribution in [0.15, 0.2) is 188 Å². The highest BCUT2D eigenvalue weighted by Crippen LogP contribution is 2.61. The molecule has 0 amide bonds. The van der Waals surface area contributed by atoms with Gasteiger partial charge in [0.05, 0.1) is 21.6 Å². The third kappa shape index (κ3) is 5.38. The van der Waals surface area contributed by atoms with Crippen molar-refractivity contribution in [2.24, 2.45) is 0 Å². The van der Waals surface area contributed by atoms with Crippen LogP contribution in [0.25, 0.3) is 52.8 Å². The quantitative estimate of drug-likeness (QED) is 0.163. The lowest BCUT2D eigenvalue weighted by Crippen LogP contribution is -2.61. The number of nitrogens with zero attached hydrogens (tertiary/aromatic N) is 3. The van der Waals surface area contributed by atoms with Crippen molar-refractivity contribution in [1.82, 2.24) is 0 Å². The first-order valence-corrected chi connectivity index (χ1v) is 25.8. The van der Waals surface area contributed by atoms with Crippen molar-refractivity contribution in [3.05, 3.63) is 211 Å². The van der Waals surface area contributed by atoms with Crippen LogP contribution in [0.5, 0.6) is 0 Å². The van der Waals surface area contributed by atoms with Crippen molar-refractivity contribution >= 4 is 122 Å². The molecule has 0 saturated heterocycles. The minimum Gasteiger partial charge on any atom is -0.334 e. The zero-order valence-corrected chi connectivity index (χ0v) is 40.4. The Kier molecular flexibility index (Phi) is 8.39. The minimum absolute atomic E-state index is 0.0427. The minimum atomic E-state index is -0.0732. The predicted molar refractivity (Wildman–Crippen MR) is 299 cm³/mol. The van der Waals surface area contributed by atoms with E-state index >= 15 is 0 Å². The molecule has 332 valence electrons. The molecule has 15 rings (SSSR count). The second-order valence-corrected chi connectivity index (χ2v) is 21.7. The van der Waals surface area contributed by atoms with Gasteiger partial charge in [0.25, 0.3) is 6.71 Å². The van der Waals surface area contributed by atoms with Gasteiger partial charge in [-0.1, -0.05) is 153 Å². The average molecular weight is 914 g/mol. The number of hydrogen-bond donors (Lipinski definition) is 0. The van der Waals surface area contributed by atoms with Crippen molar-refractivity contribution in [3.63, 3.8) is 0 Å². The summed E-state index contributed by atoms with van der Waals surface area (Å²) in [4.78, 5) is 7.99. The molecule has 1 aromatic heterocycles. The fourth-order valence-electron chi connectivity index (χ4n) is 13.7. The lowest BCUT2D eigenvalue weighted by atomic mass is 9.33. The summed E-state index contributed by atoms with van der Waals surface area (Å²) >= 11 is 1.91. The van der Waals surface area contributed by atoms with Crippen molar-refractivity contribution in [2.45, 2.75) is 57.4 Å². The molecule has 1 fully saturated rings. The van der Waals surface area contributed by atoms with Crippen LogP contribution < -0.4 is 31.1 Å². The highest BCUT2D eigenvalue weighted by molar-refractivity contribution is 7.26. The van der Waals surface area contributed by atoms with E-state index in [0.29, 0.717) is 0 Å². The molecule has 11 aromatic rings. The molecular formula is C65H48BN3S. The van der Waals surface area contributed by atoms with E-state index in [4.69, 9.17) is 0 Å². The lowest BCUT2D eigenvalue weighted by Gasteiger charge is -2.50. The highest BCUT2D eigenvalue weighted by Gasteiger charge is 2.58. The van der Waals surface area contributed by atoms with Crippen molar-refractivity contribution in [3.8, 4) is 11.1 Å². The van der Waals surface area contributed by atoms with Gasteiger partial charge in [-0.3, -0.25) is 0 Å². The fraction of sp³-hybridized carbons (Fsp3) is 0.138. The molecule has 4 heterocycles. The number of rotatable bonds is 4. The molecular weight excluding hydrogens is 866 g/mol. The summed E-state index contributed by atoms with van der Waals surface area (Å²) in [5.74, 6) is 0. The van der Waals surface area contributed by atoms with E-state index in [1.165, 1.54) is 129 Å². The van der Waals surface area contributed by atoms with Gasteiger partial charge in [0, 0.05) is 76.6 Å². The first-order valence-electron chi connectivity index (χ1n) is 25.0. The largest absolute Gasteiger partial charge is 0.334 e. The Hall–Kier alpha value is -7.78. The third-order valence-electron chi connectivity index (χ3n) is 17.0. The monoisotopic (exact) mass is 913 g/mol. The molecule has 10 aromatic carbocycles. The third-order valence-corrected chi connectivity index (χ3v) is 18.2. The average Bonchev–Trinajstić information content (AvgIpc) is 3.88. The normalized spacial score (nSPS) is 18.7. The van der Waals surface area contributed by atoms with Crippen LogP contribution in [-0.4, -0.2) is 12.3 Å². The summed E-state index contributed by atoms with van der Waals surface area (Å²) in [5, 5.41) is 7.10. The fourth-order valence-corrected chi connectivity index (χ4v) is 14.9. The van der Waals surface area contributed by atoms with Crippen molar-refractivity contribution in [2.75, 3.05) is 14.7 Å². The number of hydrogen-bond acceptors (Lipinski definition) is 4. The second-order valence-electron chi connectivity index (χ2n) is 20.6. The molecule has 0 N–H and O–H groups in total. The standard InChI is InChI=1S/C65H48BN3S/c1-41-37-58-62-59(38-41)68(56-27-16-23-49-48-22-9-12-28-60(48)70-63(49)56)57-40-46(69-53-25-11-10-24-50(53)64(2)35-13-14-36-65(64,69)3)32-33-51(57)66(62)52-39-45(42-17-5-4-6-18-42)31-34-54(52)67(58)55-26-15-20-44-30-29-43-19-7-8-21-47(43)61(44)55/h4-12,15-28,31-34,37-40H,13-14,35-36H2,1-3H3. The first kappa shape index (κ1) is 40.1. The molecule has 2 atom stereocenters. The van der Waals surface area contributed by atoms with Crippen LogP contribution in [-0.2, 0) is 5.41 Å². The molecule has 1 saturated carbocycles. The van der Waals surface area contributed by atoms with Gasteiger partial charge >= 0.3 is 0 Å². The smallest absolute Gasteiger partial charge is 0.252 e. The summed E-state index contributed by atoms with van der Waals surface area (Å²) in [6, 6.07) is 78.3. The van der Waals surface area contributed by atoms with E-state index in [2.05, 4.69) is 236 Å². The van der Waals surface area contributed by atoms with Crippen molar-refractivity contribution < 1.29 is 0 Å². The Bertz CT molecular complexity index is 4010. The molecule has 5 heteroatoms. The van der Waals surface area contributed by atoms with Crippen LogP contribution in [0.3, 0.4) is 0 Å². The van der Waals surface area contributed by atoms with Crippen LogP contribution in [0, 0.1) is 19.1 Å². The van der Waals surface area contributed by atoms with E-state index in [-0.39, 0.29) is 17.7 Å². The van der Waals surface area contributed by atoms with Crippen molar-refractivity contribution in [1.29, 1.82) is 0 Å². The van der Waals surface area contributed by atoms with Crippen LogP contribution in [0.4, 0.5) is 45.5 Å². The van der Waals surface area contributed by atoms with Crippen LogP contribution in [0.2, 0.25) is 0 Å². The van der Waals surface area contributed by atoms with E-state index in [1.807, 2.05) is 11.3 Å². The van der Waals surface area contributed by atoms with Gasteiger partial charge in [-0.25, -0.2) is 0 Å². The topological polar surface area (TPSA) is 9.72 Å². The predicted octanol–water partition coefficient (Wildman–Crippen LogP) is 15.8. The Morgan fingerprint density at radius 1 is 0.500 bits per heavy atom. The maximum atomic E-state index is 3.57. The lowest BCUT2D eigenvalue weighted by molar-refractivity contribution is 0.195. The number of aryl methyl sites for hydroxylation is 1. The van der Waals surface area contributed by atoms with Gasteiger partial charge in [-0.05, 0) is 132 Å². The Balaban J connectivity index is 1.05. The van der Waals surface area contributed by atoms with E-state index in [0.717, 1.165) is 22.9 Å². The maximum Gasteiger partial charge on any atom is 0.252 e. The number of thiophene rings is 1. The number of para-hydroxylation sites is 1. The molecule has 2 unspecified atom stereocenters. The molecule has 1 aliphatic carbocycles. The number of fused-ring (bicyclic) bond motifs is 13. The van der Waals surface area contributed by atoms with Gasteiger partial charge in [0.15, 0.2) is 0 Å². The second kappa shape index (κ2) is 14.6. The van der Waals surface area contributed by atoms with Gasteiger partial charge < -0.3 is 14.7 Å². The highest BCUT2D eigenvalue weighted by atomic mass is 32.1. The van der Waals surface area contributed by atoms with Gasteiger partial charge in [-0.15, -0.1) is 11.3 Å². The molecule has 3 nitrogen and oxygen atoms in total. The summed E-state index contributed by atoms with van der Waals surface area (Å²) in [6.07, 6.45) is 4.84. The summed E-state index contributed by atoms with van der Waals surface area (Å²) in [6.45, 7) is 7.34. The Morgan fingerprint density at radius 3 is 2.07 bits per heavy atom. The van der Waals surface area contributed by atoms with E-state index in [9.17, 15) is 0 Å². The maximum absolute atomic E-state index is 3.57. The van der Waals surface area contributed by atoms with Crippen LogP contribution in [0.1, 0.15) is 50.7 Å². The number of benzene rings is 9. The van der Waals surface area contributed by atoms with Crippen LogP contribution >= 0.6 is 11.3 Å². The number of anilines is 8. The van der Waals surface area contributed by atoms with Gasteiger partial charge in [0.1, 0.15) is 0 Å². The zero-order chi connectivity index (χ0) is 46.5. The first-order chi connectivity index (χ1) is 34.4. The zero-order valence-electron chi connectivity index (χ0n) is 39.6. The molecule has 0 bridgehead atoms. The Labute approximate surface area is 414 Å². The van der Waals surface area contributed by atoms with Gasteiger partial charge in [-0.2, -0.15) is 0 Å². The van der Waals surface area contributed by atoms with E-state index in [1.54, 1.807) is 0 Å².